The maximum Gasteiger partial charge on any atom is 0.115 e. The first-order valence-electron chi connectivity index (χ1n) is 3.43. The zero-order chi connectivity index (χ0) is 8.65. The molecule has 4 heteroatoms. The molecule has 0 atom stereocenters. The van der Waals surface area contributed by atoms with E-state index >= 15 is 0 Å². The van der Waals surface area contributed by atoms with Crippen LogP contribution in [0.5, 0.6) is 5.75 Å². The van der Waals surface area contributed by atoms with E-state index in [1.165, 1.54) is 0 Å². The smallest absolute Gasteiger partial charge is 0.115 e. The zero-order valence-corrected chi connectivity index (χ0v) is 6.38. The van der Waals surface area contributed by atoms with E-state index in [-0.39, 0.29) is 0 Å². The second-order valence-electron chi connectivity index (χ2n) is 1.99. The minimum Gasteiger partial charge on any atom is -0.508 e. The third kappa shape index (κ3) is 3.36. The van der Waals surface area contributed by atoms with Gasteiger partial charge in [-0.2, -0.15) is 15.4 Å². The Balaban J connectivity index is 0.000000127. The maximum absolute atomic E-state index is 8.63. The lowest BCUT2D eigenvalue weighted by atomic mass is 10.3. The lowest BCUT2D eigenvalue weighted by Gasteiger charge is -1.82. The van der Waals surface area contributed by atoms with Crippen LogP contribution in [0.15, 0.2) is 42.7 Å². The van der Waals surface area contributed by atoms with Crippen LogP contribution in [-0.4, -0.2) is 20.5 Å². The molecule has 12 heavy (non-hydrogen) atoms. The average Bonchev–Trinajstić information content (AvgIpc) is 2.62. The molecule has 2 rings (SSSR count). The molecule has 1 aromatic heterocycles. The predicted molar refractivity (Wildman–Crippen MR) is 44.5 cm³/mol. The van der Waals surface area contributed by atoms with E-state index in [9.17, 15) is 0 Å². The first-order valence-corrected chi connectivity index (χ1v) is 3.43. The van der Waals surface area contributed by atoms with E-state index in [2.05, 4.69) is 15.4 Å². The number of rotatable bonds is 0. The van der Waals surface area contributed by atoms with Crippen molar-refractivity contribution in [3.05, 3.63) is 42.7 Å². The molecule has 1 heterocycles. The summed E-state index contributed by atoms with van der Waals surface area (Å²) in [6, 6.07) is 8.71. The monoisotopic (exact) mass is 163 g/mol. The predicted octanol–water partition coefficient (Wildman–Crippen LogP) is 1.20. The summed E-state index contributed by atoms with van der Waals surface area (Å²) in [5, 5.41) is 18.0. The topological polar surface area (TPSA) is 61.8 Å². The number of hydrogen-bond donors (Lipinski definition) is 2. The van der Waals surface area contributed by atoms with E-state index < -0.39 is 0 Å². The molecule has 1 aromatic carbocycles. The highest BCUT2D eigenvalue weighted by molar-refractivity contribution is 5.18. The number of H-pyrrole nitrogens is 1. The van der Waals surface area contributed by atoms with Crippen LogP contribution in [0.1, 0.15) is 0 Å². The molecule has 0 aliphatic carbocycles. The van der Waals surface area contributed by atoms with Crippen LogP contribution in [0.4, 0.5) is 0 Å². The summed E-state index contributed by atoms with van der Waals surface area (Å²) < 4.78 is 0. The Morgan fingerprint density at radius 3 is 1.83 bits per heavy atom. The molecule has 0 fully saturated rings. The standard InChI is InChI=1S/C6H6O.C2H3N3/c7-6-4-2-1-3-5-6;1-2-4-5-3-1/h1-5,7H;1-2H,(H,3,4,5). The summed E-state index contributed by atoms with van der Waals surface area (Å²) in [5.74, 6) is 0.322. The lowest BCUT2D eigenvalue weighted by Crippen LogP contribution is -1.61. The molecular formula is C8H9N3O. The molecule has 0 bridgehead atoms. The lowest BCUT2D eigenvalue weighted by molar-refractivity contribution is 0.475. The molecule has 0 spiro atoms. The molecule has 0 aliphatic rings. The number of benzene rings is 1. The second kappa shape index (κ2) is 4.90. The fourth-order valence-corrected chi connectivity index (χ4v) is 0.595. The first-order chi connectivity index (χ1) is 5.89. The highest BCUT2D eigenvalue weighted by atomic mass is 16.3. The van der Waals surface area contributed by atoms with Crippen molar-refractivity contribution in [2.24, 2.45) is 0 Å². The number of aromatic amines is 1. The minimum atomic E-state index is 0.322. The van der Waals surface area contributed by atoms with Gasteiger partial charge in [-0.3, -0.25) is 0 Å². The molecule has 0 amide bonds. The van der Waals surface area contributed by atoms with Gasteiger partial charge in [0.15, 0.2) is 0 Å². The third-order valence-electron chi connectivity index (χ3n) is 1.09. The number of phenols is 1. The van der Waals surface area contributed by atoms with Gasteiger partial charge in [-0.15, -0.1) is 0 Å². The van der Waals surface area contributed by atoms with Crippen molar-refractivity contribution in [1.29, 1.82) is 0 Å². The molecule has 2 aromatic rings. The van der Waals surface area contributed by atoms with Gasteiger partial charge in [0.2, 0.25) is 0 Å². The van der Waals surface area contributed by atoms with Gasteiger partial charge in [0.25, 0.3) is 0 Å². The van der Waals surface area contributed by atoms with Gasteiger partial charge < -0.3 is 5.11 Å². The van der Waals surface area contributed by atoms with E-state index in [1.54, 1.807) is 36.7 Å². The van der Waals surface area contributed by atoms with Gasteiger partial charge in [0, 0.05) is 0 Å². The minimum absolute atomic E-state index is 0.322. The number of nitrogens with one attached hydrogen (secondary N) is 1. The van der Waals surface area contributed by atoms with E-state index in [0.717, 1.165) is 0 Å². The number of para-hydroxylation sites is 1. The van der Waals surface area contributed by atoms with Gasteiger partial charge in [0.05, 0.1) is 12.4 Å². The van der Waals surface area contributed by atoms with Gasteiger partial charge in [0.1, 0.15) is 5.75 Å². The van der Waals surface area contributed by atoms with Crippen LogP contribution < -0.4 is 0 Å². The number of aromatic hydroxyl groups is 1. The van der Waals surface area contributed by atoms with Crippen molar-refractivity contribution in [2.75, 3.05) is 0 Å². The molecule has 4 nitrogen and oxygen atoms in total. The van der Waals surface area contributed by atoms with Crippen LogP contribution in [0.25, 0.3) is 0 Å². The zero-order valence-electron chi connectivity index (χ0n) is 6.38. The van der Waals surface area contributed by atoms with E-state index in [1.807, 2.05) is 6.07 Å². The maximum atomic E-state index is 8.63. The molecular weight excluding hydrogens is 154 g/mol. The molecule has 62 valence electrons. The Labute approximate surface area is 69.9 Å². The third-order valence-corrected chi connectivity index (χ3v) is 1.09. The number of hydrogen-bond acceptors (Lipinski definition) is 3. The fraction of sp³-hybridized carbons (Fsp3) is 0. The average molecular weight is 163 g/mol. The fourth-order valence-electron chi connectivity index (χ4n) is 0.595. The summed E-state index contributed by atoms with van der Waals surface area (Å²) in [6.45, 7) is 0. The normalized spacial score (nSPS) is 8.33. The van der Waals surface area contributed by atoms with Crippen LogP contribution in [0, 0.1) is 0 Å². The molecule has 0 saturated carbocycles. The molecule has 0 saturated heterocycles. The van der Waals surface area contributed by atoms with E-state index in [4.69, 9.17) is 5.11 Å². The SMILES string of the molecule is Oc1ccccc1.c1cn[nH]n1. The Morgan fingerprint density at radius 1 is 1.00 bits per heavy atom. The summed E-state index contributed by atoms with van der Waals surface area (Å²) in [6.07, 6.45) is 3.17. The van der Waals surface area contributed by atoms with Crippen molar-refractivity contribution >= 4 is 0 Å². The van der Waals surface area contributed by atoms with Crippen LogP contribution in [0.2, 0.25) is 0 Å². The Bertz CT molecular complexity index is 263. The molecule has 0 aliphatic heterocycles. The second-order valence-corrected chi connectivity index (χ2v) is 1.99. The van der Waals surface area contributed by atoms with E-state index in [0.29, 0.717) is 5.75 Å². The number of aromatic nitrogens is 3. The highest BCUT2D eigenvalue weighted by Gasteiger charge is 1.74. The molecule has 2 N–H and O–H groups in total. The Kier molecular flexibility index (Phi) is 3.37. The van der Waals surface area contributed by atoms with Crippen molar-refractivity contribution in [3.8, 4) is 5.75 Å². The summed E-state index contributed by atoms with van der Waals surface area (Å²) in [7, 11) is 0. The summed E-state index contributed by atoms with van der Waals surface area (Å²) in [4.78, 5) is 0. The first kappa shape index (κ1) is 8.26. The largest absolute Gasteiger partial charge is 0.508 e. The van der Waals surface area contributed by atoms with Crippen LogP contribution >= 0.6 is 0 Å². The summed E-state index contributed by atoms with van der Waals surface area (Å²) >= 11 is 0. The Hall–Kier alpha value is -1.84. The molecule has 0 radical (unpaired) electrons. The van der Waals surface area contributed by atoms with Crippen molar-refractivity contribution in [2.45, 2.75) is 0 Å². The Morgan fingerprint density at radius 2 is 1.58 bits per heavy atom. The van der Waals surface area contributed by atoms with Gasteiger partial charge in [-0.1, -0.05) is 18.2 Å². The molecule has 0 unspecified atom stereocenters. The van der Waals surface area contributed by atoms with Gasteiger partial charge in [-0.05, 0) is 12.1 Å². The number of phenolic OH excluding ortho intramolecular Hbond substituents is 1. The summed E-state index contributed by atoms with van der Waals surface area (Å²) in [5.41, 5.74) is 0. The highest BCUT2D eigenvalue weighted by Crippen LogP contribution is 2.02. The van der Waals surface area contributed by atoms with Crippen molar-refractivity contribution in [3.63, 3.8) is 0 Å². The van der Waals surface area contributed by atoms with Gasteiger partial charge >= 0.3 is 0 Å². The number of nitrogens with zero attached hydrogens (tertiary/aromatic N) is 2. The van der Waals surface area contributed by atoms with Crippen molar-refractivity contribution in [1.82, 2.24) is 15.4 Å². The quantitative estimate of drug-likeness (QED) is 0.613. The van der Waals surface area contributed by atoms with Crippen LogP contribution in [-0.2, 0) is 0 Å². The van der Waals surface area contributed by atoms with Gasteiger partial charge in [-0.25, -0.2) is 0 Å². The van der Waals surface area contributed by atoms with Crippen molar-refractivity contribution < 1.29 is 5.11 Å². The van der Waals surface area contributed by atoms with Crippen LogP contribution in [0.3, 0.4) is 0 Å².